The molecule has 7 heteroatoms. The molecule has 4 aliphatic carbocycles. The van der Waals surface area contributed by atoms with Crippen molar-refractivity contribution < 1.29 is 19.5 Å². The zero-order valence-corrected chi connectivity index (χ0v) is 27.5. The molecule has 230 valence electrons. The van der Waals surface area contributed by atoms with Crippen molar-refractivity contribution in [3.05, 3.63) is 0 Å². The summed E-state index contributed by atoms with van der Waals surface area (Å²) in [6, 6.07) is -0.0561. The summed E-state index contributed by atoms with van der Waals surface area (Å²) in [6.45, 7) is 13.0. The number of hydrogen-bond acceptors (Lipinski definition) is 5. The second-order valence-electron chi connectivity index (χ2n) is 14.6. The number of hydroxylamine groups is 2. The van der Waals surface area contributed by atoms with E-state index in [-0.39, 0.29) is 44.9 Å². The van der Waals surface area contributed by atoms with E-state index < -0.39 is 0 Å². The van der Waals surface area contributed by atoms with E-state index in [1.807, 2.05) is 18.9 Å². The molecule has 0 aromatic rings. The average Bonchev–Trinajstić information content (AvgIpc) is 3.51. The molecule has 1 aliphatic heterocycles. The Balaban J connectivity index is 0.00000370. The molecule has 0 radical (unpaired) electrons. The van der Waals surface area contributed by atoms with Gasteiger partial charge in [-0.15, -0.1) is 0 Å². The van der Waals surface area contributed by atoms with Gasteiger partial charge in [0.05, 0.1) is 18.2 Å². The Morgan fingerprint density at radius 2 is 1.75 bits per heavy atom. The van der Waals surface area contributed by atoms with Gasteiger partial charge in [0.25, 0.3) is 0 Å². The lowest BCUT2D eigenvalue weighted by molar-refractivity contribution is -0.238. The topological polar surface area (TPSA) is 78.9 Å². The van der Waals surface area contributed by atoms with Crippen molar-refractivity contribution in [2.75, 3.05) is 13.1 Å². The number of carbonyl (C=O) groups excluding carboxylic acids is 2. The predicted molar refractivity (Wildman–Crippen MR) is 165 cm³/mol. The zero-order chi connectivity index (χ0) is 27.9. The lowest BCUT2D eigenvalue weighted by Gasteiger charge is -2.62. The number of aliphatic hydroxyl groups is 1. The normalized spacial score (nSPS) is 43.6. The fourth-order valence-electron chi connectivity index (χ4n) is 10.7. The second kappa shape index (κ2) is 13.0. The van der Waals surface area contributed by atoms with Gasteiger partial charge in [0.15, 0.2) is 5.78 Å². The van der Waals surface area contributed by atoms with Crippen LogP contribution in [0.25, 0.3) is 0 Å². The molecule has 12 atom stereocenters. The summed E-state index contributed by atoms with van der Waals surface area (Å²) in [5.41, 5.74) is 0.555. The molecule has 0 aromatic carbocycles. The van der Waals surface area contributed by atoms with Gasteiger partial charge in [-0.1, -0.05) is 27.7 Å². The van der Waals surface area contributed by atoms with Crippen LogP contribution < -0.4 is 5.32 Å². The van der Waals surface area contributed by atoms with Gasteiger partial charge in [0.2, 0.25) is 5.91 Å². The first-order valence-corrected chi connectivity index (χ1v) is 16.5. The quantitative estimate of drug-likeness (QED) is 0.330. The lowest BCUT2D eigenvalue weighted by Crippen LogP contribution is -2.59. The van der Waals surface area contributed by atoms with Crippen molar-refractivity contribution in [1.29, 1.82) is 0 Å². The third-order valence-electron chi connectivity index (χ3n) is 12.8. The van der Waals surface area contributed by atoms with Gasteiger partial charge in [-0.05, 0) is 124 Å². The van der Waals surface area contributed by atoms with E-state index in [0.29, 0.717) is 60.7 Å². The monoisotopic (exact) mass is 578 g/mol. The maximum Gasteiger partial charge on any atom is 0.219 e. The van der Waals surface area contributed by atoms with Crippen LogP contribution in [0.4, 0.5) is 0 Å². The smallest absolute Gasteiger partial charge is 0.219 e. The number of ketones is 1. The summed E-state index contributed by atoms with van der Waals surface area (Å²) < 4.78 is 0. The molecule has 5 fully saturated rings. The van der Waals surface area contributed by atoms with Crippen LogP contribution in [-0.2, 0) is 14.4 Å². The van der Waals surface area contributed by atoms with Crippen LogP contribution in [-0.4, -0.2) is 53.2 Å². The van der Waals surface area contributed by atoms with E-state index in [2.05, 4.69) is 26.1 Å². The fourth-order valence-corrected chi connectivity index (χ4v) is 10.7. The lowest BCUT2D eigenvalue weighted by atomic mass is 9.43. The SMILES string of the molecule is CCNC(=O)CC[C@H](C)C1CCC2C3C(CC[C@@]21C)[C@@]1(C)CC[C@@H](ON2CCC[C@H]2C(=O)CC)C[C@H]1C[C@H]3O.P. The molecular formula is C33H59N2O4P. The highest BCUT2D eigenvalue weighted by Crippen LogP contribution is 2.68. The molecule has 1 saturated heterocycles. The van der Waals surface area contributed by atoms with Gasteiger partial charge >= 0.3 is 0 Å². The molecule has 5 aliphatic rings. The molecule has 4 saturated carbocycles. The van der Waals surface area contributed by atoms with Gasteiger partial charge in [-0.2, -0.15) is 15.0 Å². The van der Waals surface area contributed by atoms with E-state index in [4.69, 9.17) is 4.84 Å². The Bertz CT molecular complexity index is 902. The van der Waals surface area contributed by atoms with Crippen molar-refractivity contribution in [3.8, 4) is 0 Å². The van der Waals surface area contributed by atoms with E-state index in [1.165, 1.54) is 32.1 Å². The molecule has 0 bridgehead atoms. The third-order valence-corrected chi connectivity index (χ3v) is 12.8. The molecule has 0 spiro atoms. The van der Waals surface area contributed by atoms with Crippen LogP contribution in [0.15, 0.2) is 0 Å². The molecule has 5 unspecified atom stereocenters. The van der Waals surface area contributed by atoms with Crippen molar-refractivity contribution in [2.24, 2.45) is 46.3 Å². The standard InChI is InChI=1S/C33H56N2O4.H3P/c1-6-28(36)27-9-8-18-35(27)39-23-14-16-32(4)22(19-23)20-29(37)31-25-12-11-24(33(25,5)17-15-26(31)32)21(3)10-13-30(38)34-7-2;/h21-27,29,31,37H,6-20H2,1-5H3,(H,34,38);1H3/t21-,22-,23+,24?,25?,26?,27-,29+,31?,32-,33+;/m0./s1. The maximum absolute atomic E-state index is 12.4. The number of Topliss-reactive ketones (excluding diaryl/α,β-unsaturated/α-hetero) is 1. The van der Waals surface area contributed by atoms with E-state index in [1.54, 1.807) is 0 Å². The van der Waals surface area contributed by atoms with Crippen molar-refractivity contribution in [1.82, 2.24) is 10.4 Å². The average molecular weight is 579 g/mol. The number of amides is 1. The molecule has 1 heterocycles. The molecule has 0 aromatic heterocycles. The first-order chi connectivity index (χ1) is 18.6. The number of nitrogens with zero attached hydrogens (tertiary/aromatic N) is 1. The molecule has 2 N–H and O–H groups in total. The highest BCUT2D eigenvalue weighted by atomic mass is 31.0. The Labute approximate surface area is 247 Å². The zero-order valence-electron chi connectivity index (χ0n) is 26.1. The van der Waals surface area contributed by atoms with Crippen LogP contribution in [0.1, 0.15) is 118 Å². The minimum Gasteiger partial charge on any atom is -0.393 e. The van der Waals surface area contributed by atoms with Crippen LogP contribution >= 0.6 is 9.90 Å². The van der Waals surface area contributed by atoms with Crippen molar-refractivity contribution in [3.63, 3.8) is 0 Å². The number of carbonyl (C=O) groups is 2. The first-order valence-electron chi connectivity index (χ1n) is 16.5. The van der Waals surface area contributed by atoms with Gasteiger partial charge < -0.3 is 10.4 Å². The molecule has 5 rings (SSSR count). The summed E-state index contributed by atoms with van der Waals surface area (Å²) in [6.07, 6.45) is 13.2. The van der Waals surface area contributed by atoms with Crippen LogP contribution in [0.3, 0.4) is 0 Å². The Morgan fingerprint density at radius 1 is 1.02 bits per heavy atom. The minimum atomic E-state index is -0.220. The second-order valence-corrected chi connectivity index (χ2v) is 14.6. The number of rotatable bonds is 9. The van der Waals surface area contributed by atoms with Gasteiger partial charge in [-0.25, -0.2) is 0 Å². The molecule has 1 amide bonds. The Morgan fingerprint density at radius 3 is 2.48 bits per heavy atom. The largest absolute Gasteiger partial charge is 0.393 e. The van der Waals surface area contributed by atoms with Crippen molar-refractivity contribution >= 4 is 21.6 Å². The van der Waals surface area contributed by atoms with E-state index in [9.17, 15) is 14.7 Å². The molecule has 40 heavy (non-hydrogen) atoms. The highest BCUT2D eigenvalue weighted by Gasteiger charge is 2.63. The summed E-state index contributed by atoms with van der Waals surface area (Å²) >= 11 is 0. The van der Waals surface area contributed by atoms with Crippen molar-refractivity contribution in [2.45, 2.75) is 136 Å². The number of fused-ring (bicyclic) bond motifs is 5. The fraction of sp³-hybridized carbons (Fsp3) is 0.939. The maximum atomic E-state index is 12.4. The van der Waals surface area contributed by atoms with Gasteiger partial charge in [0.1, 0.15) is 0 Å². The Kier molecular flexibility index (Phi) is 10.5. The summed E-state index contributed by atoms with van der Waals surface area (Å²) in [4.78, 5) is 31.1. The number of nitrogens with one attached hydrogen (secondary N) is 1. The van der Waals surface area contributed by atoms with Crippen LogP contribution in [0.2, 0.25) is 0 Å². The molecule has 6 nitrogen and oxygen atoms in total. The third kappa shape index (κ3) is 5.82. The first kappa shape index (κ1) is 32.4. The van der Waals surface area contributed by atoms with Crippen LogP contribution in [0, 0.1) is 46.3 Å². The van der Waals surface area contributed by atoms with Gasteiger partial charge in [0, 0.05) is 25.9 Å². The Hall–Kier alpha value is -0.550. The predicted octanol–water partition coefficient (Wildman–Crippen LogP) is 5.97. The minimum absolute atomic E-state index is 0. The summed E-state index contributed by atoms with van der Waals surface area (Å²) in [5, 5.41) is 16.7. The highest BCUT2D eigenvalue weighted by molar-refractivity contribution is 6.92. The summed E-state index contributed by atoms with van der Waals surface area (Å²) in [5.74, 6) is 3.79. The van der Waals surface area contributed by atoms with E-state index in [0.717, 1.165) is 45.1 Å². The number of hydrogen-bond donors (Lipinski definition) is 2. The molecular weight excluding hydrogens is 519 g/mol. The number of aliphatic hydroxyl groups excluding tert-OH is 1. The van der Waals surface area contributed by atoms with Crippen LogP contribution in [0.5, 0.6) is 0 Å². The van der Waals surface area contributed by atoms with E-state index >= 15 is 0 Å². The summed E-state index contributed by atoms with van der Waals surface area (Å²) in [7, 11) is 0. The van der Waals surface area contributed by atoms with Gasteiger partial charge in [-0.3, -0.25) is 14.4 Å².